The first kappa shape index (κ1) is 11.4. The fourth-order valence-corrected chi connectivity index (χ4v) is 2.19. The minimum atomic E-state index is 0.0508. The highest BCUT2D eigenvalue weighted by atomic mass is 16.5. The molecular weight excluding hydrogens is 232 g/mol. The molecule has 0 spiro atoms. The first-order chi connectivity index (χ1) is 8.83. The van der Waals surface area contributed by atoms with Crippen molar-refractivity contribution in [1.29, 1.82) is 0 Å². The van der Waals surface area contributed by atoms with E-state index in [9.17, 15) is 0 Å². The number of rotatable bonds is 3. The lowest BCUT2D eigenvalue weighted by Crippen LogP contribution is -2.39. The molecule has 1 aliphatic rings. The highest BCUT2D eigenvalue weighted by Crippen LogP contribution is 2.24. The Hall–Kier alpha value is -1.66. The molecular formula is C12H16N4O2. The van der Waals surface area contributed by atoms with E-state index >= 15 is 0 Å². The molecule has 96 valence electrons. The van der Waals surface area contributed by atoms with Crippen LogP contribution in [-0.2, 0) is 11.3 Å². The molecule has 6 heteroatoms. The second kappa shape index (κ2) is 4.91. The van der Waals surface area contributed by atoms with Gasteiger partial charge < -0.3 is 14.2 Å². The third kappa shape index (κ3) is 2.30. The zero-order chi connectivity index (χ0) is 12.4. The summed E-state index contributed by atoms with van der Waals surface area (Å²) < 4.78 is 10.8. The highest BCUT2D eigenvalue weighted by molar-refractivity contribution is 5.09. The van der Waals surface area contributed by atoms with Crippen LogP contribution in [0.4, 0.5) is 0 Å². The molecule has 18 heavy (non-hydrogen) atoms. The van der Waals surface area contributed by atoms with Gasteiger partial charge in [0.05, 0.1) is 13.2 Å². The Morgan fingerprint density at radius 3 is 3.22 bits per heavy atom. The Kier molecular flexibility index (Phi) is 3.12. The van der Waals surface area contributed by atoms with Crippen molar-refractivity contribution in [3.63, 3.8) is 0 Å². The van der Waals surface area contributed by atoms with Gasteiger partial charge in [-0.25, -0.2) is 0 Å². The van der Waals surface area contributed by atoms with E-state index in [-0.39, 0.29) is 6.04 Å². The zero-order valence-corrected chi connectivity index (χ0v) is 10.3. The molecule has 0 amide bonds. The summed E-state index contributed by atoms with van der Waals surface area (Å²) in [6.45, 7) is 4.91. The van der Waals surface area contributed by atoms with Crippen LogP contribution in [0.25, 0.3) is 0 Å². The first-order valence-corrected chi connectivity index (χ1v) is 6.06. The number of hydrogen-bond acceptors (Lipinski definition) is 5. The second-order valence-electron chi connectivity index (χ2n) is 4.46. The van der Waals surface area contributed by atoms with Gasteiger partial charge in [-0.15, -0.1) is 0 Å². The maximum absolute atomic E-state index is 5.52. The fraction of sp³-hybridized carbons (Fsp3) is 0.500. The van der Waals surface area contributed by atoms with Crippen LogP contribution in [0.1, 0.15) is 23.3 Å². The largest absolute Gasteiger partial charge is 0.378 e. The molecule has 0 unspecified atom stereocenters. The standard InChI is InChI=1S/C12H16N4O2/c1-9-14-12(18-15-9)11-8-17-5-4-16(11)7-10-2-3-13-6-10/h2-3,6,11,13H,4-5,7-8H2,1H3/t11-/m1/s1. The van der Waals surface area contributed by atoms with Crippen LogP contribution >= 0.6 is 0 Å². The summed E-state index contributed by atoms with van der Waals surface area (Å²) in [5.41, 5.74) is 1.25. The van der Waals surface area contributed by atoms with Crippen molar-refractivity contribution in [2.75, 3.05) is 19.8 Å². The summed E-state index contributed by atoms with van der Waals surface area (Å²) in [4.78, 5) is 9.68. The number of morpholine rings is 1. The normalized spacial score (nSPS) is 21.3. The molecule has 0 aliphatic carbocycles. The van der Waals surface area contributed by atoms with Gasteiger partial charge in [-0.1, -0.05) is 5.16 Å². The molecule has 1 fully saturated rings. The van der Waals surface area contributed by atoms with Gasteiger partial charge in [-0.05, 0) is 18.6 Å². The van der Waals surface area contributed by atoms with Crippen molar-refractivity contribution in [1.82, 2.24) is 20.0 Å². The molecule has 1 saturated heterocycles. The summed E-state index contributed by atoms with van der Waals surface area (Å²) in [5.74, 6) is 1.31. The molecule has 0 radical (unpaired) electrons. The number of aromatic nitrogens is 3. The van der Waals surface area contributed by atoms with Gasteiger partial charge in [-0.3, -0.25) is 4.90 Å². The molecule has 2 aromatic rings. The number of nitrogens with zero attached hydrogens (tertiary/aromatic N) is 3. The van der Waals surface area contributed by atoms with Gasteiger partial charge in [0.25, 0.3) is 0 Å². The zero-order valence-electron chi connectivity index (χ0n) is 10.3. The lowest BCUT2D eigenvalue weighted by atomic mass is 10.2. The average Bonchev–Trinajstić information content (AvgIpc) is 3.02. The van der Waals surface area contributed by atoms with Gasteiger partial charge in [0.2, 0.25) is 5.89 Å². The molecule has 6 nitrogen and oxygen atoms in total. The van der Waals surface area contributed by atoms with Gasteiger partial charge in [0.1, 0.15) is 6.04 Å². The molecule has 3 heterocycles. The van der Waals surface area contributed by atoms with Crippen LogP contribution in [0.3, 0.4) is 0 Å². The molecule has 1 aliphatic heterocycles. The summed E-state index contributed by atoms with van der Waals surface area (Å²) in [7, 11) is 0. The number of hydrogen-bond donors (Lipinski definition) is 1. The highest BCUT2D eigenvalue weighted by Gasteiger charge is 2.29. The second-order valence-corrected chi connectivity index (χ2v) is 4.46. The summed E-state index contributed by atoms with van der Waals surface area (Å²) in [5, 5.41) is 3.85. The smallest absolute Gasteiger partial charge is 0.246 e. The van der Waals surface area contributed by atoms with E-state index in [1.807, 2.05) is 19.3 Å². The van der Waals surface area contributed by atoms with Crippen LogP contribution in [0, 0.1) is 6.92 Å². The van der Waals surface area contributed by atoms with Crippen LogP contribution in [0.15, 0.2) is 23.0 Å². The number of aryl methyl sites for hydroxylation is 1. The summed E-state index contributed by atoms with van der Waals surface area (Å²) in [6, 6.07) is 2.13. The fourth-order valence-electron chi connectivity index (χ4n) is 2.19. The predicted molar refractivity (Wildman–Crippen MR) is 63.8 cm³/mol. The average molecular weight is 248 g/mol. The molecule has 0 bridgehead atoms. The molecule has 2 aromatic heterocycles. The van der Waals surface area contributed by atoms with E-state index in [0.29, 0.717) is 18.3 Å². The Bertz CT molecular complexity index is 494. The van der Waals surface area contributed by atoms with Crippen LogP contribution in [0.2, 0.25) is 0 Å². The summed E-state index contributed by atoms with van der Waals surface area (Å²) in [6.07, 6.45) is 3.94. The quantitative estimate of drug-likeness (QED) is 0.886. The SMILES string of the molecule is Cc1noc([C@H]2COCCN2Cc2cc[nH]c2)n1. The lowest BCUT2D eigenvalue weighted by Gasteiger charge is -2.32. The van der Waals surface area contributed by atoms with Gasteiger partial charge in [-0.2, -0.15) is 4.98 Å². The maximum atomic E-state index is 5.52. The van der Waals surface area contributed by atoms with Gasteiger partial charge in [0, 0.05) is 25.5 Å². The topological polar surface area (TPSA) is 67.2 Å². The molecule has 1 N–H and O–H groups in total. The number of ether oxygens (including phenoxy) is 1. The van der Waals surface area contributed by atoms with E-state index in [1.54, 1.807) is 0 Å². The number of H-pyrrole nitrogens is 1. The summed E-state index contributed by atoms with van der Waals surface area (Å²) >= 11 is 0. The first-order valence-electron chi connectivity index (χ1n) is 6.06. The van der Waals surface area contributed by atoms with Crippen LogP contribution in [0.5, 0.6) is 0 Å². The van der Waals surface area contributed by atoms with E-state index in [4.69, 9.17) is 9.26 Å². The van der Waals surface area contributed by atoms with Gasteiger partial charge in [0.15, 0.2) is 5.82 Å². The van der Waals surface area contributed by atoms with Crippen molar-refractivity contribution in [2.24, 2.45) is 0 Å². The van der Waals surface area contributed by atoms with E-state index < -0.39 is 0 Å². The van der Waals surface area contributed by atoms with Gasteiger partial charge >= 0.3 is 0 Å². The van der Waals surface area contributed by atoms with E-state index in [1.165, 1.54) is 5.56 Å². The molecule has 3 rings (SSSR count). The van der Waals surface area contributed by atoms with Crippen molar-refractivity contribution >= 4 is 0 Å². The predicted octanol–water partition coefficient (Wildman–Crippen LogP) is 1.28. The Labute approximate surface area is 105 Å². The van der Waals surface area contributed by atoms with Crippen molar-refractivity contribution < 1.29 is 9.26 Å². The van der Waals surface area contributed by atoms with Crippen molar-refractivity contribution in [3.8, 4) is 0 Å². The third-order valence-electron chi connectivity index (χ3n) is 3.12. The minimum absolute atomic E-state index is 0.0508. The Morgan fingerprint density at radius 1 is 1.56 bits per heavy atom. The van der Waals surface area contributed by atoms with Crippen molar-refractivity contribution in [3.05, 3.63) is 35.7 Å². The number of aromatic amines is 1. The molecule has 0 saturated carbocycles. The Morgan fingerprint density at radius 2 is 2.50 bits per heavy atom. The molecule has 0 aromatic carbocycles. The van der Waals surface area contributed by atoms with Crippen molar-refractivity contribution in [2.45, 2.75) is 19.5 Å². The van der Waals surface area contributed by atoms with Crippen LogP contribution in [-0.4, -0.2) is 39.8 Å². The molecule has 1 atom stereocenters. The monoisotopic (exact) mass is 248 g/mol. The van der Waals surface area contributed by atoms with E-state index in [2.05, 4.69) is 26.1 Å². The minimum Gasteiger partial charge on any atom is -0.378 e. The van der Waals surface area contributed by atoms with E-state index in [0.717, 1.165) is 19.7 Å². The van der Waals surface area contributed by atoms with Crippen LogP contribution < -0.4 is 0 Å². The lowest BCUT2D eigenvalue weighted by molar-refractivity contribution is -0.0240. The number of nitrogens with one attached hydrogen (secondary N) is 1. The third-order valence-corrected chi connectivity index (χ3v) is 3.12. The maximum Gasteiger partial charge on any atom is 0.246 e. The Balaban J connectivity index is 1.77.